The van der Waals surface area contributed by atoms with E-state index in [1.165, 1.54) is 11.8 Å². The fourth-order valence-corrected chi connectivity index (χ4v) is 1.96. The van der Waals surface area contributed by atoms with E-state index >= 15 is 0 Å². The van der Waals surface area contributed by atoms with Crippen LogP contribution in [0, 0.1) is 0 Å². The first-order valence-electron chi connectivity index (χ1n) is 3.95. The minimum atomic E-state index is -1.26. The van der Waals surface area contributed by atoms with Gasteiger partial charge in [-0.25, -0.2) is 0 Å². The molecule has 0 saturated carbocycles. The van der Waals surface area contributed by atoms with Crippen molar-refractivity contribution in [3.63, 3.8) is 0 Å². The Balaban J connectivity index is 2.66. The van der Waals surface area contributed by atoms with E-state index in [0.717, 1.165) is 0 Å². The van der Waals surface area contributed by atoms with Gasteiger partial charge in [0, 0.05) is 0 Å². The standard InChI is InChI=1S/C7H14O5S/c1-13-7-6(11)5(10)4(9)3(2-8)12-7/h3-11H,2H2,1H3/t3-,4-,5+,6+,7+/m0/s1. The summed E-state index contributed by atoms with van der Waals surface area (Å²) < 4.78 is 5.13. The Bertz CT molecular complexity index is 147. The maximum atomic E-state index is 9.38. The third kappa shape index (κ3) is 2.15. The highest BCUT2D eigenvalue weighted by Crippen LogP contribution is 2.26. The Morgan fingerprint density at radius 1 is 1.15 bits per heavy atom. The molecule has 0 radical (unpaired) electrons. The predicted octanol–water partition coefficient (Wildman–Crippen LogP) is -1.85. The van der Waals surface area contributed by atoms with Gasteiger partial charge >= 0.3 is 0 Å². The van der Waals surface area contributed by atoms with Gasteiger partial charge in [0.15, 0.2) is 0 Å². The van der Waals surface area contributed by atoms with Crippen LogP contribution in [0.2, 0.25) is 0 Å². The fourth-order valence-electron chi connectivity index (χ4n) is 1.26. The lowest BCUT2D eigenvalue weighted by molar-refractivity contribution is -0.205. The molecule has 0 aromatic rings. The number of rotatable bonds is 2. The van der Waals surface area contributed by atoms with Crippen molar-refractivity contribution in [1.82, 2.24) is 0 Å². The molecule has 0 aliphatic carbocycles. The third-order valence-electron chi connectivity index (χ3n) is 2.08. The van der Waals surface area contributed by atoms with Crippen LogP contribution < -0.4 is 0 Å². The molecule has 1 rings (SSSR count). The Hall–Kier alpha value is 0.150. The van der Waals surface area contributed by atoms with E-state index in [0.29, 0.717) is 0 Å². The van der Waals surface area contributed by atoms with Crippen LogP contribution in [-0.4, -0.2) is 63.1 Å². The van der Waals surface area contributed by atoms with Crippen molar-refractivity contribution in [1.29, 1.82) is 0 Å². The van der Waals surface area contributed by atoms with Crippen molar-refractivity contribution >= 4 is 11.8 Å². The largest absolute Gasteiger partial charge is 0.394 e. The summed E-state index contributed by atoms with van der Waals surface area (Å²) in [4.78, 5) is 0. The summed E-state index contributed by atoms with van der Waals surface area (Å²) in [6.07, 6.45) is -2.72. The molecule has 1 aliphatic heterocycles. The fraction of sp³-hybridized carbons (Fsp3) is 1.00. The Morgan fingerprint density at radius 3 is 2.23 bits per heavy atom. The first-order chi connectivity index (χ1) is 6.11. The lowest BCUT2D eigenvalue weighted by Crippen LogP contribution is -2.57. The lowest BCUT2D eigenvalue weighted by Gasteiger charge is -2.39. The molecule has 1 fully saturated rings. The van der Waals surface area contributed by atoms with Gasteiger partial charge in [0.1, 0.15) is 29.9 Å². The van der Waals surface area contributed by atoms with Gasteiger partial charge in [0.2, 0.25) is 0 Å². The normalized spacial score (nSPS) is 46.4. The molecule has 6 heteroatoms. The molecule has 78 valence electrons. The van der Waals surface area contributed by atoms with Gasteiger partial charge in [0.05, 0.1) is 6.61 Å². The first kappa shape index (κ1) is 11.2. The zero-order valence-corrected chi connectivity index (χ0v) is 8.02. The quantitative estimate of drug-likeness (QED) is 0.428. The minimum absolute atomic E-state index is 0.373. The van der Waals surface area contributed by atoms with E-state index < -0.39 is 29.9 Å². The highest BCUT2D eigenvalue weighted by atomic mass is 32.2. The molecular formula is C7H14O5S. The van der Waals surface area contributed by atoms with E-state index in [1.54, 1.807) is 6.26 Å². The number of thioether (sulfide) groups is 1. The molecule has 1 saturated heterocycles. The second-order valence-electron chi connectivity index (χ2n) is 2.93. The summed E-state index contributed by atoms with van der Waals surface area (Å²) in [6, 6.07) is 0. The van der Waals surface area contributed by atoms with E-state index in [2.05, 4.69) is 0 Å². The lowest BCUT2D eigenvalue weighted by atomic mass is 10.0. The average Bonchev–Trinajstić information content (AvgIpc) is 2.15. The van der Waals surface area contributed by atoms with Crippen molar-refractivity contribution < 1.29 is 25.2 Å². The van der Waals surface area contributed by atoms with Gasteiger partial charge < -0.3 is 25.2 Å². The van der Waals surface area contributed by atoms with Crippen LogP contribution in [0.5, 0.6) is 0 Å². The summed E-state index contributed by atoms with van der Waals surface area (Å²) in [7, 11) is 0. The molecule has 1 aliphatic rings. The zero-order chi connectivity index (χ0) is 10.0. The summed E-state index contributed by atoms with van der Waals surface area (Å²) in [6.45, 7) is -0.373. The van der Waals surface area contributed by atoms with Crippen molar-refractivity contribution in [2.45, 2.75) is 29.9 Å². The monoisotopic (exact) mass is 210 g/mol. The van der Waals surface area contributed by atoms with Crippen molar-refractivity contribution in [2.75, 3.05) is 12.9 Å². The van der Waals surface area contributed by atoms with Crippen LogP contribution in [0.15, 0.2) is 0 Å². The third-order valence-corrected chi connectivity index (χ3v) is 2.94. The number of aliphatic hydroxyl groups excluding tert-OH is 4. The number of hydrogen-bond acceptors (Lipinski definition) is 6. The summed E-state index contributed by atoms with van der Waals surface area (Å²) in [5.74, 6) is 0. The molecule has 4 N–H and O–H groups in total. The number of ether oxygens (including phenoxy) is 1. The Labute approximate surface area is 80.3 Å². The topological polar surface area (TPSA) is 90.2 Å². The van der Waals surface area contributed by atoms with Crippen LogP contribution in [0.3, 0.4) is 0 Å². The molecule has 1 heterocycles. The summed E-state index contributed by atoms with van der Waals surface area (Å²) >= 11 is 1.22. The van der Waals surface area contributed by atoms with Crippen molar-refractivity contribution in [2.24, 2.45) is 0 Å². The summed E-state index contributed by atoms with van der Waals surface area (Å²) in [5, 5.41) is 36.8. The van der Waals surface area contributed by atoms with Crippen LogP contribution in [0.4, 0.5) is 0 Å². The molecule has 0 aromatic carbocycles. The van der Waals surface area contributed by atoms with Gasteiger partial charge in [-0.3, -0.25) is 0 Å². The van der Waals surface area contributed by atoms with Gasteiger partial charge in [-0.2, -0.15) is 0 Å². The second kappa shape index (κ2) is 4.59. The predicted molar refractivity (Wildman–Crippen MR) is 47.3 cm³/mol. The highest BCUT2D eigenvalue weighted by molar-refractivity contribution is 7.99. The van der Waals surface area contributed by atoms with Gasteiger partial charge in [-0.15, -0.1) is 11.8 Å². The minimum Gasteiger partial charge on any atom is -0.394 e. The highest BCUT2D eigenvalue weighted by Gasteiger charge is 2.42. The molecule has 0 bridgehead atoms. The van der Waals surface area contributed by atoms with E-state index in [1.807, 2.05) is 0 Å². The molecule has 0 aromatic heterocycles. The van der Waals surface area contributed by atoms with Gasteiger partial charge in [0.25, 0.3) is 0 Å². The average molecular weight is 210 g/mol. The molecule has 5 nitrogen and oxygen atoms in total. The van der Waals surface area contributed by atoms with Crippen LogP contribution in [0.25, 0.3) is 0 Å². The second-order valence-corrected chi connectivity index (χ2v) is 3.87. The molecule has 13 heavy (non-hydrogen) atoms. The van der Waals surface area contributed by atoms with Gasteiger partial charge in [-0.05, 0) is 6.26 Å². The van der Waals surface area contributed by atoms with Crippen molar-refractivity contribution in [3.8, 4) is 0 Å². The van der Waals surface area contributed by atoms with E-state index in [4.69, 9.17) is 9.84 Å². The van der Waals surface area contributed by atoms with Crippen LogP contribution >= 0.6 is 11.8 Å². The molecular weight excluding hydrogens is 196 g/mol. The van der Waals surface area contributed by atoms with E-state index in [-0.39, 0.29) is 6.61 Å². The van der Waals surface area contributed by atoms with Gasteiger partial charge in [-0.1, -0.05) is 0 Å². The molecule has 0 amide bonds. The summed E-state index contributed by atoms with van der Waals surface area (Å²) in [5.41, 5.74) is -0.601. The maximum Gasteiger partial charge on any atom is 0.132 e. The molecule has 5 atom stereocenters. The number of hydrogen-bond donors (Lipinski definition) is 4. The SMILES string of the molecule is CS[C@H]1O[C@@H](CO)[C@H](O)[C@@H](O)[C@H]1O. The zero-order valence-electron chi connectivity index (χ0n) is 7.20. The number of aliphatic hydroxyl groups is 4. The Morgan fingerprint density at radius 2 is 1.77 bits per heavy atom. The first-order valence-corrected chi connectivity index (χ1v) is 5.24. The van der Waals surface area contributed by atoms with Crippen LogP contribution in [-0.2, 0) is 4.74 Å². The van der Waals surface area contributed by atoms with Crippen molar-refractivity contribution in [3.05, 3.63) is 0 Å². The molecule has 0 unspecified atom stereocenters. The molecule has 0 spiro atoms. The Kier molecular flexibility index (Phi) is 3.96. The maximum absolute atomic E-state index is 9.38. The smallest absolute Gasteiger partial charge is 0.132 e. The van der Waals surface area contributed by atoms with E-state index in [9.17, 15) is 15.3 Å². The van der Waals surface area contributed by atoms with Crippen LogP contribution in [0.1, 0.15) is 0 Å².